The second-order valence-corrected chi connectivity index (χ2v) is 6.36. The minimum atomic E-state index is -0.878. The maximum Gasteiger partial charge on any atom is 0.308 e. The van der Waals surface area contributed by atoms with Gasteiger partial charge in [-0.05, 0) is 32.8 Å². The molecule has 2 rings (SSSR count). The Morgan fingerprint density at radius 1 is 1.38 bits per heavy atom. The van der Waals surface area contributed by atoms with Crippen LogP contribution in [0.2, 0.25) is 0 Å². The van der Waals surface area contributed by atoms with Crippen molar-refractivity contribution in [3.63, 3.8) is 0 Å². The number of carbonyl (C=O) groups excluding carboxylic acids is 2. The molecule has 3 atom stereocenters. The Morgan fingerprint density at radius 2 is 2.08 bits per heavy atom. The van der Waals surface area contributed by atoms with Crippen molar-refractivity contribution in [3.8, 4) is 0 Å². The standard InChI is InChI=1S/C16H24N4O4/c1-11-5-6-13(16(23)24)9-19(11)14(21)10-18(3)15(22)12(2)20-8-4-7-17-20/h4,7-8,11-13H,5-6,9-10H2,1-3H3,(H,23,24). The summed E-state index contributed by atoms with van der Waals surface area (Å²) in [5.74, 6) is -1.85. The summed E-state index contributed by atoms with van der Waals surface area (Å²) in [6.45, 7) is 3.76. The maximum absolute atomic E-state index is 12.5. The van der Waals surface area contributed by atoms with Crippen molar-refractivity contribution in [1.29, 1.82) is 0 Å². The minimum Gasteiger partial charge on any atom is -0.481 e. The van der Waals surface area contributed by atoms with Gasteiger partial charge in [0.05, 0.1) is 12.5 Å². The number of likely N-dealkylation sites (N-methyl/N-ethyl adjacent to an activating group) is 1. The molecule has 0 spiro atoms. The van der Waals surface area contributed by atoms with Crippen LogP contribution >= 0.6 is 0 Å². The number of likely N-dealkylation sites (tertiary alicyclic amines) is 1. The molecule has 8 nitrogen and oxygen atoms in total. The molecule has 2 heterocycles. The van der Waals surface area contributed by atoms with E-state index in [-0.39, 0.29) is 30.9 Å². The van der Waals surface area contributed by atoms with E-state index in [2.05, 4.69) is 5.10 Å². The van der Waals surface area contributed by atoms with Gasteiger partial charge in [0.2, 0.25) is 11.8 Å². The van der Waals surface area contributed by atoms with Crippen molar-refractivity contribution in [2.45, 2.75) is 38.8 Å². The Labute approximate surface area is 141 Å². The molecule has 2 amide bonds. The minimum absolute atomic E-state index is 0.0138. The number of hydrogen-bond donors (Lipinski definition) is 1. The van der Waals surface area contributed by atoms with Gasteiger partial charge in [-0.2, -0.15) is 5.10 Å². The highest BCUT2D eigenvalue weighted by atomic mass is 16.4. The van der Waals surface area contributed by atoms with E-state index in [9.17, 15) is 14.4 Å². The van der Waals surface area contributed by atoms with Crippen LogP contribution in [-0.4, -0.2) is 68.6 Å². The SMILES string of the molecule is CC1CCC(C(=O)O)CN1C(=O)CN(C)C(=O)C(C)n1cccn1. The zero-order valence-electron chi connectivity index (χ0n) is 14.3. The first-order chi connectivity index (χ1) is 11.3. The van der Waals surface area contributed by atoms with Crippen LogP contribution < -0.4 is 0 Å². The number of hydrogen-bond acceptors (Lipinski definition) is 4. The molecule has 0 bridgehead atoms. The van der Waals surface area contributed by atoms with E-state index < -0.39 is 17.9 Å². The van der Waals surface area contributed by atoms with Crippen LogP contribution in [0.1, 0.15) is 32.7 Å². The van der Waals surface area contributed by atoms with Gasteiger partial charge >= 0.3 is 5.97 Å². The highest BCUT2D eigenvalue weighted by Gasteiger charge is 2.33. The van der Waals surface area contributed by atoms with Crippen molar-refractivity contribution in [2.24, 2.45) is 5.92 Å². The molecule has 0 aromatic carbocycles. The zero-order chi connectivity index (χ0) is 17.9. The fourth-order valence-electron chi connectivity index (χ4n) is 2.97. The zero-order valence-corrected chi connectivity index (χ0v) is 14.3. The summed E-state index contributed by atoms with van der Waals surface area (Å²) in [4.78, 5) is 39.0. The average molecular weight is 336 g/mol. The molecule has 3 unspecified atom stereocenters. The molecule has 1 aliphatic heterocycles. The Hall–Kier alpha value is -2.38. The van der Waals surface area contributed by atoms with Gasteiger partial charge in [-0.25, -0.2) is 0 Å². The first-order valence-corrected chi connectivity index (χ1v) is 8.07. The second-order valence-electron chi connectivity index (χ2n) is 6.36. The quantitative estimate of drug-likeness (QED) is 0.850. The number of carboxylic acids is 1. The number of carboxylic acid groups (broad SMARTS) is 1. The molecule has 1 fully saturated rings. The van der Waals surface area contributed by atoms with E-state index in [1.807, 2.05) is 6.92 Å². The lowest BCUT2D eigenvalue weighted by atomic mass is 9.93. The van der Waals surface area contributed by atoms with Crippen molar-refractivity contribution >= 4 is 17.8 Å². The molecule has 1 aromatic rings. The Kier molecular flexibility index (Phi) is 5.58. The Bertz CT molecular complexity index is 601. The van der Waals surface area contributed by atoms with Crippen molar-refractivity contribution in [2.75, 3.05) is 20.1 Å². The average Bonchev–Trinajstić information content (AvgIpc) is 3.07. The van der Waals surface area contributed by atoms with Gasteiger partial charge in [-0.3, -0.25) is 19.1 Å². The summed E-state index contributed by atoms with van der Waals surface area (Å²) in [7, 11) is 1.57. The fraction of sp³-hybridized carbons (Fsp3) is 0.625. The van der Waals surface area contributed by atoms with Crippen LogP contribution in [0.15, 0.2) is 18.5 Å². The highest BCUT2D eigenvalue weighted by molar-refractivity contribution is 5.86. The summed E-state index contributed by atoms with van der Waals surface area (Å²) in [6, 6.07) is 1.22. The monoisotopic (exact) mass is 336 g/mol. The number of carbonyl (C=O) groups is 3. The summed E-state index contributed by atoms with van der Waals surface area (Å²) < 4.78 is 1.54. The van der Waals surface area contributed by atoms with Crippen LogP contribution in [0.25, 0.3) is 0 Å². The Balaban J connectivity index is 1.97. The van der Waals surface area contributed by atoms with E-state index in [0.717, 1.165) is 0 Å². The van der Waals surface area contributed by atoms with Crippen LogP contribution in [0.3, 0.4) is 0 Å². The second kappa shape index (κ2) is 7.46. The highest BCUT2D eigenvalue weighted by Crippen LogP contribution is 2.22. The van der Waals surface area contributed by atoms with E-state index in [1.165, 1.54) is 9.58 Å². The molecule has 1 saturated heterocycles. The van der Waals surface area contributed by atoms with Gasteiger partial charge in [-0.1, -0.05) is 0 Å². The predicted molar refractivity (Wildman–Crippen MR) is 86.1 cm³/mol. The van der Waals surface area contributed by atoms with Gasteiger partial charge in [0, 0.05) is 32.0 Å². The van der Waals surface area contributed by atoms with Crippen LogP contribution in [0, 0.1) is 5.92 Å². The number of nitrogens with zero attached hydrogens (tertiary/aromatic N) is 4. The molecule has 0 radical (unpaired) electrons. The molecule has 0 saturated carbocycles. The number of rotatable bonds is 5. The van der Waals surface area contributed by atoms with E-state index in [4.69, 9.17) is 5.11 Å². The van der Waals surface area contributed by atoms with Crippen LogP contribution in [0.5, 0.6) is 0 Å². The smallest absolute Gasteiger partial charge is 0.308 e. The van der Waals surface area contributed by atoms with E-state index in [1.54, 1.807) is 37.3 Å². The largest absolute Gasteiger partial charge is 0.481 e. The number of aliphatic carboxylic acids is 1. The summed E-state index contributed by atoms with van der Waals surface area (Å²) >= 11 is 0. The van der Waals surface area contributed by atoms with Gasteiger partial charge < -0.3 is 14.9 Å². The topological polar surface area (TPSA) is 95.7 Å². The normalized spacial score (nSPS) is 22.0. The molecule has 1 aromatic heterocycles. The number of aromatic nitrogens is 2. The van der Waals surface area contributed by atoms with Gasteiger partial charge in [-0.15, -0.1) is 0 Å². The lowest BCUT2D eigenvalue weighted by Crippen LogP contribution is -2.51. The van der Waals surface area contributed by atoms with E-state index >= 15 is 0 Å². The summed E-state index contributed by atoms with van der Waals surface area (Å²) in [5, 5.41) is 13.2. The van der Waals surface area contributed by atoms with Crippen molar-refractivity contribution in [1.82, 2.24) is 19.6 Å². The molecule has 0 aliphatic carbocycles. The third kappa shape index (κ3) is 3.93. The predicted octanol–water partition coefficient (Wildman–Crippen LogP) is 0.614. The fourth-order valence-corrected chi connectivity index (χ4v) is 2.97. The molecule has 8 heteroatoms. The van der Waals surface area contributed by atoms with Crippen molar-refractivity contribution in [3.05, 3.63) is 18.5 Å². The maximum atomic E-state index is 12.5. The van der Waals surface area contributed by atoms with Crippen molar-refractivity contribution < 1.29 is 19.5 Å². The number of piperidine rings is 1. The molecule has 1 N–H and O–H groups in total. The molecular weight excluding hydrogens is 312 g/mol. The Morgan fingerprint density at radius 3 is 2.67 bits per heavy atom. The van der Waals surface area contributed by atoms with Gasteiger partial charge in [0.1, 0.15) is 6.04 Å². The third-order valence-electron chi connectivity index (χ3n) is 4.58. The summed E-state index contributed by atoms with van der Waals surface area (Å²) in [5.41, 5.74) is 0. The lowest BCUT2D eigenvalue weighted by Gasteiger charge is -2.37. The molecule has 132 valence electrons. The van der Waals surface area contributed by atoms with Gasteiger partial charge in [0.15, 0.2) is 0 Å². The molecule has 1 aliphatic rings. The van der Waals surface area contributed by atoms with E-state index in [0.29, 0.717) is 12.8 Å². The first kappa shape index (κ1) is 18.0. The molecular formula is C16H24N4O4. The third-order valence-corrected chi connectivity index (χ3v) is 4.58. The van der Waals surface area contributed by atoms with Crippen LogP contribution in [0.4, 0.5) is 0 Å². The number of amides is 2. The first-order valence-electron chi connectivity index (χ1n) is 8.07. The summed E-state index contributed by atoms with van der Waals surface area (Å²) in [6.07, 6.45) is 4.52. The van der Waals surface area contributed by atoms with Gasteiger partial charge in [0.25, 0.3) is 0 Å². The van der Waals surface area contributed by atoms with Crippen LogP contribution in [-0.2, 0) is 14.4 Å². The lowest BCUT2D eigenvalue weighted by molar-refractivity contribution is -0.149. The molecule has 24 heavy (non-hydrogen) atoms.